The molecule has 3 nitrogen and oxygen atoms in total. The van der Waals surface area contributed by atoms with Gasteiger partial charge < -0.3 is 10.6 Å². The molecule has 1 amide bonds. The number of anilines is 1. The average Bonchev–Trinajstić information content (AvgIpc) is 2.48. The lowest BCUT2D eigenvalue weighted by Crippen LogP contribution is -2.55. The van der Waals surface area contributed by atoms with Gasteiger partial charge in [-0.05, 0) is 109 Å². The molecule has 0 spiro atoms. The standard InChI is InChI=1S/C19H23BrN2OS/c1-11-2-3-16(15(20)4-11)21-18(24)22-17(23)19-8-12-5-13(9-19)7-14(6-12)10-19/h2-4,12-14H,5-10H2,1H3,(H2,21,22,23,24). The third-order valence-electron chi connectivity index (χ3n) is 6.12. The van der Waals surface area contributed by atoms with E-state index < -0.39 is 0 Å². The van der Waals surface area contributed by atoms with Crippen LogP contribution < -0.4 is 10.6 Å². The molecule has 4 bridgehead atoms. The quantitative estimate of drug-likeness (QED) is 0.693. The van der Waals surface area contributed by atoms with E-state index >= 15 is 0 Å². The van der Waals surface area contributed by atoms with Crippen LogP contribution in [0.25, 0.3) is 0 Å². The Kier molecular flexibility index (Phi) is 4.20. The molecule has 128 valence electrons. The van der Waals surface area contributed by atoms with Gasteiger partial charge in [0, 0.05) is 4.47 Å². The Morgan fingerprint density at radius 3 is 2.29 bits per heavy atom. The first kappa shape index (κ1) is 16.5. The third-order valence-corrected chi connectivity index (χ3v) is 6.98. The highest BCUT2D eigenvalue weighted by Crippen LogP contribution is 2.60. The molecular weight excluding hydrogens is 384 g/mol. The molecular formula is C19H23BrN2OS. The molecule has 1 aromatic rings. The van der Waals surface area contributed by atoms with Crippen molar-refractivity contribution in [3.05, 3.63) is 28.2 Å². The monoisotopic (exact) mass is 406 g/mol. The first-order chi connectivity index (χ1) is 11.4. The van der Waals surface area contributed by atoms with Crippen molar-refractivity contribution in [3.63, 3.8) is 0 Å². The molecule has 0 unspecified atom stereocenters. The molecule has 0 saturated heterocycles. The topological polar surface area (TPSA) is 41.1 Å². The van der Waals surface area contributed by atoms with Gasteiger partial charge in [0.15, 0.2) is 5.11 Å². The fraction of sp³-hybridized carbons (Fsp3) is 0.579. The number of thiocarbonyl (C=S) groups is 1. The molecule has 4 aliphatic carbocycles. The lowest BCUT2D eigenvalue weighted by Gasteiger charge is -2.55. The number of nitrogens with one attached hydrogen (secondary N) is 2. The average molecular weight is 407 g/mol. The largest absolute Gasteiger partial charge is 0.331 e. The summed E-state index contributed by atoms with van der Waals surface area (Å²) in [5, 5.41) is 6.54. The summed E-state index contributed by atoms with van der Waals surface area (Å²) < 4.78 is 0.953. The number of hydrogen-bond acceptors (Lipinski definition) is 2. The van der Waals surface area contributed by atoms with E-state index in [1.807, 2.05) is 25.1 Å². The minimum atomic E-state index is -0.162. The van der Waals surface area contributed by atoms with Crippen LogP contribution in [0, 0.1) is 30.1 Å². The fourth-order valence-electron chi connectivity index (χ4n) is 5.50. The summed E-state index contributed by atoms with van der Waals surface area (Å²) in [6.45, 7) is 2.04. The minimum Gasteiger partial charge on any atom is -0.331 e. The first-order valence-corrected chi connectivity index (χ1v) is 10.0. The Morgan fingerprint density at radius 2 is 1.75 bits per heavy atom. The molecule has 0 radical (unpaired) electrons. The van der Waals surface area contributed by atoms with Gasteiger partial charge in [0.05, 0.1) is 11.1 Å². The number of rotatable bonds is 2. The van der Waals surface area contributed by atoms with Crippen LogP contribution >= 0.6 is 28.1 Å². The molecule has 24 heavy (non-hydrogen) atoms. The Balaban J connectivity index is 1.43. The van der Waals surface area contributed by atoms with E-state index in [-0.39, 0.29) is 11.3 Å². The van der Waals surface area contributed by atoms with Gasteiger partial charge >= 0.3 is 0 Å². The molecule has 5 heteroatoms. The van der Waals surface area contributed by atoms with Gasteiger partial charge in [0.1, 0.15) is 0 Å². The van der Waals surface area contributed by atoms with Crippen molar-refractivity contribution >= 4 is 44.9 Å². The Hall–Kier alpha value is -0.940. The van der Waals surface area contributed by atoms with Crippen LogP contribution in [-0.2, 0) is 4.79 Å². The van der Waals surface area contributed by atoms with E-state index in [2.05, 4.69) is 26.6 Å². The van der Waals surface area contributed by atoms with Crippen molar-refractivity contribution in [3.8, 4) is 0 Å². The maximum atomic E-state index is 13.0. The zero-order chi connectivity index (χ0) is 16.9. The summed E-state index contributed by atoms with van der Waals surface area (Å²) in [4.78, 5) is 13.0. The van der Waals surface area contributed by atoms with Crippen LogP contribution in [0.3, 0.4) is 0 Å². The smallest absolute Gasteiger partial charge is 0.232 e. The maximum absolute atomic E-state index is 13.0. The van der Waals surface area contributed by atoms with Gasteiger partial charge in [-0.3, -0.25) is 4.79 Å². The lowest BCUT2D eigenvalue weighted by molar-refractivity contribution is -0.144. The summed E-state index contributed by atoms with van der Waals surface area (Å²) in [5.74, 6) is 2.42. The number of carbonyl (C=O) groups is 1. The van der Waals surface area contributed by atoms with Gasteiger partial charge in [-0.1, -0.05) is 6.07 Å². The van der Waals surface area contributed by atoms with Gasteiger partial charge in [-0.2, -0.15) is 0 Å². The van der Waals surface area contributed by atoms with Crippen molar-refractivity contribution in [1.29, 1.82) is 0 Å². The minimum absolute atomic E-state index is 0.141. The highest BCUT2D eigenvalue weighted by molar-refractivity contribution is 9.10. The lowest BCUT2D eigenvalue weighted by atomic mass is 9.49. The number of halogens is 1. The van der Waals surface area contributed by atoms with Crippen LogP contribution in [0.1, 0.15) is 44.1 Å². The SMILES string of the molecule is Cc1ccc(NC(=S)NC(=O)C23CC4CC(CC(C4)C2)C3)c(Br)c1. The molecule has 0 aromatic heterocycles. The summed E-state index contributed by atoms with van der Waals surface area (Å²) in [5.41, 5.74) is 1.90. The highest BCUT2D eigenvalue weighted by Gasteiger charge is 2.54. The van der Waals surface area contributed by atoms with Crippen molar-refractivity contribution in [2.75, 3.05) is 5.32 Å². The van der Waals surface area contributed by atoms with E-state index in [1.165, 1.54) is 24.8 Å². The van der Waals surface area contributed by atoms with Crippen molar-refractivity contribution in [2.24, 2.45) is 23.2 Å². The second kappa shape index (κ2) is 6.10. The third kappa shape index (κ3) is 3.01. The fourth-order valence-corrected chi connectivity index (χ4v) is 6.29. The zero-order valence-corrected chi connectivity index (χ0v) is 16.3. The molecule has 4 fully saturated rings. The van der Waals surface area contributed by atoms with Crippen LogP contribution in [0.4, 0.5) is 5.69 Å². The van der Waals surface area contributed by atoms with Crippen molar-refractivity contribution in [2.45, 2.75) is 45.4 Å². The number of aryl methyl sites for hydroxylation is 1. The van der Waals surface area contributed by atoms with Gasteiger partial charge in [0.2, 0.25) is 5.91 Å². The van der Waals surface area contributed by atoms with E-state index in [1.54, 1.807) is 0 Å². The van der Waals surface area contributed by atoms with E-state index in [0.717, 1.165) is 47.2 Å². The summed E-state index contributed by atoms with van der Waals surface area (Å²) >= 11 is 8.93. The predicted molar refractivity (Wildman–Crippen MR) is 104 cm³/mol. The van der Waals surface area contributed by atoms with Crippen LogP contribution in [0.5, 0.6) is 0 Å². The Labute approximate surface area is 157 Å². The maximum Gasteiger partial charge on any atom is 0.232 e. The van der Waals surface area contributed by atoms with Gasteiger partial charge in [-0.15, -0.1) is 0 Å². The Bertz CT molecular complexity index is 667. The molecule has 0 aliphatic heterocycles. The Morgan fingerprint density at radius 1 is 1.17 bits per heavy atom. The van der Waals surface area contributed by atoms with E-state index in [0.29, 0.717) is 5.11 Å². The second-order valence-electron chi connectivity index (χ2n) is 8.09. The number of benzene rings is 1. The molecule has 2 N–H and O–H groups in total. The van der Waals surface area contributed by atoms with Gasteiger partial charge in [0.25, 0.3) is 0 Å². The molecule has 1 aromatic carbocycles. The highest BCUT2D eigenvalue weighted by atomic mass is 79.9. The zero-order valence-electron chi connectivity index (χ0n) is 13.9. The van der Waals surface area contributed by atoms with Crippen molar-refractivity contribution in [1.82, 2.24) is 5.32 Å². The molecule has 0 heterocycles. The summed E-state index contributed by atoms with van der Waals surface area (Å²) in [6, 6.07) is 6.03. The molecule has 4 saturated carbocycles. The number of hydrogen-bond donors (Lipinski definition) is 2. The van der Waals surface area contributed by atoms with Gasteiger partial charge in [-0.25, -0.2) is 0 Å². The normalized spacial score (nSPS) is 33.3. The molecule has 0 atom stereocenters. The van der Waals surface area contributed by atoms with E-state index in [4.69, 9.17) is 12.2 Å². The first-order valence-electron chi connectivity index (χ1n) is 8.82. The van der Waals surface area contributed by atoms with Crippen molar-refractivity contribution < 1.29 is 4.79 Å². The molecule has 5 rings (SSSR count). The number of amides is 1. The second-order valence-corrected chi connectivity index (χ2v) is 9.35. The van der Waals surface area contributed by atoms with E-state index in [9.17, 15) is 4.79 Å². The summed E-state index contributed by atoms with van der Waals surface area (Å²) in [6.07, 6.45) is 7.19. The summed E-state index contributed by atoms with van der Waals surface area (Å²) in [7, 11) is 0. The van der Waals surface area contributed by atoms with Crippen LogP contribution in [0.2, 0.25) is 0 Å². The molecule has 4 aliphatic rings. The predicted octanol–water partition coefficient (Wildman–Crippen LogP) is 4.79. The number of carbonyl (C=O) groups excluding carboxylic acids is 1. The van der Waals surface area contributed by atoms with Crippen LogP contribution in [-0.4, -0.2) is 11.0 Å². The van der Waals surface area contributed by atoms with Crippen LogP contribution in [0.15, 0.2) is 22.7 Å².